The molecule has 0 aliphatic carbocycles. The van der Waals surface area contributed by atoms with Gasteiger partial charge in [0.1, 0.15) is 0 Å². The lowest BCUT2D eigenvalue weighted by Crippen LogP contribution is -2.31. The number of benzene rings is 1. The number of aliphatic hydroxyl groups is 1. The fourth-order valence-electron chi connectivity index (χ4n) is 0.992. The van der Waals surface area contributed by atoms with Gasteiger partial charge in [0.2, 0.25) is 5.91 Å². The molecule has 0 radical (unpaired) electrons. The van der Waals surface area contributed by atoms with Gasteiger partial charge in [-0.1, -0.05) is 11.6 Å². The number of thioether (sulfide) groups is 1. The van der Waals surface area contributed by atoms with E-state index in [4.69, 9.17) is 16.7 Å². The minimum atomic E-state index is -0.510. The van der Waals surface area contributed by atoms with Crippen LogP contribution in [0.1, 0.15) is 6.92 Å². The van der Waals surface area contributed by atoms with Crippen LogP contribution in [0.2, 0.25) is 5.02 Å². The zero-order valence-corrected chi connectivity index (χ0v) is 10.5. The van der Waals surface area contributed by atoms with Gasteiger partial charge < -0.3 is 10.4 Å². The maximum absolute atomic E-state index is 11.3. The Labute approximate surface area is 104 Å². The predicted octanol–water partition coefficient (Wildman–Crippen LogP) is 1.93. The second-order valence-electron chi connectivity index (χ2n) is 3.40. The fourth-order valence-corrected chi connectivity index (χ4v) is 1.85. The van der Waals surface area contributed by atoms with Crippen LogP contribution in [0.15, 0.2) is 29.2 Å². The molecule has 1 aromatic carbocycles. The average molecular weight is 260 g/mol. The third-order valence-corrected chi connectivity index (χ3v) is 3.04. The van der Waals surface area contributed by atoms with Crippen molar-refractivity contribution in [3.8, 4) is 0 Å². The standard InChI is InChI=1S/C11H14ClNO2S/c1-8(14)6-13-11(15)7-16-10-4-2-9(12)3-5-10/h2-5,8,14H,6-7H2,1H3,(H,13,15)/t8-/m1/s1. The van der Waals surface area contributed by atoms with Gasteiger partial charge in [0, 0.05) is 16.5 Å². The van der Waals surface area contributed by atoms with Crippen LogP contribution in [-0.2, 0) is 4.79 Å². The van der Waals surface area contributed by atoms with Gasteiger partial charge in [-0.15, -0.1) is 11.8 Å². The first-order chi connectivity index (χ1) is 7.58. The van der Waals surface area contributed by atoms with Gasteiger partial charge in [-0.2, -0.15) is 0 Å². The summed E-state index contributed by atoms with van der Waals surface area (Å²) in [7, 11) is 0. The lowest BCUT2D eigenvalue weighted by Gasteiger charge is -2.06. The van der Waals surface area contributed by atoms with Crippen LogP contribution in [0, 0.1) is 0 Å². The van der Waals surface area contributed by atoms with Crippen molar-refractivity contribution < 1.29 is 9.90 Å². The topological polar surface area (TPSA) is 49.3 Å². The second-order valence-corrected chi connectivity index (χ2v) is 4.88. The largest absolute Gasteiger partial charge is 0.392 e. The number of rotatable bonds is 5. The van der Waals surface area contributed by atoms with E-state index < -0.39 is 6.10 Å². The molecular weight excluding hydrogens is 246 g/mol. The van der Waals surface area contributed by atoms with E-state index >= 15 is 0 Å². The van der Waals surface area contributed by atoms with Gasteiger partial charge in [0.25, 0.3) is 0 Å². The van der Waals surface area contributed by atoms with Crippen LogP contribution in [0.4, 0.5) is 0 Å². The Balaban J connectivity index is 2.29. The Morgan fingerprint density at radius 1 is 1.50 bits per heavy atom. The van der Waals surface area contributed by atoms with Gasteiger partial charge in [0.05, 0.1) is 11.9 Å². The Morgan fingerprint density at radius 3 is 2.69 bits per heavy atom. The molecule has 88 valence electrons. The zero-order chi connectivity index (χ0) is 12.0. The van der Waals surface area contributed by atoms with Crippen LogP contribution < -0.4 is 5.32 Å². The van der Waals surface area contributed by atoms with E-state index in [0.717, 1.165) is 4.90 Å². The highest BCUT2D eigenvalue weighted by molar-refractivity contribution is 8.00. The van der Waals surface area contributed by atoms with E-state index in [1.807, 2.05) is 12.1 Å². The average Bonchev–Trinajstić information content (AvgIpc) is 2.25. The minimum absolute atomic E-state index is 0.0825. The van der Waals surface area contributed by atoms with Crippen LogP contribution in [0.3, 0.4) is 0 Å². The molecule has 0 saturated carbocycles. The second kappa shape index (κ2) is 6.78. The molecule has 0 spiro atoms. The molecule has 3 nitrogen and oxygen atoms in total. The molecule has 0 aliphatic rings. The van der Waals surface area contributed by atoms with E-state index in [2.05, 4.69) is 5.32 Å². The van der Waals surface area contributed by atoms with Crippen LogP contribution in [0.5, 0.6) is 0 Å². The van der Waals surface area contributed by atoms with Gasteiger partial charge in [0.15, 0.2) is 0 Å². The Kier molecular flexibility index (Phi) is 5.66. The molecule has 1 aromatic rings. The molecule has 0 unspecified atom stereocenters. The summed E-state index contributed by atoms with van der Waals surface area (Å²) in [5.41, 5.74) is 0. The summed E-state index contributed by atoms with van der Waals surface area (Å²) < 4.78 is 0. The lowest BCUT2D eigenvalue weighted by atomic mass is 10.4. The molecule has 1 rings (SSSR count). The number of hydrogen-bond donors (Lipinski definition) is 2. The van der Waals surface area contributed by atoms with E-state index in [-0.39, 0.29) is 5.91 Å². The summed E-state index contributed by atoms with van der Waals surface area (Å²) in [5, 5.41) is 12.3. The smallest absolute Gasteiger partial charge is 0.230 e. The number of aliphatic hydroxyl groups excluding tert-OH is 1. The van der Waals surface area contributed by atoms with Crippen molar-refractivity contribution in [1.82, 2.24) is 5.32 Å². The number of carbonyl (C=O) groups excluding carboxylic acids is 1. The fraction of sp³-hybridized carbons (Fsp3) is 0.364. The summed E-state index contributed by atoms with van der Waals surface area (Å²) in [6.07, 6.45) is -0.510. The molecular formula is C11H14ClNO2S. The summed E-state index contributed by atoms with van der Waals surface area (Å²) in [5.74, 6) is 0.259. The molecule has 0 saturated heterocycles. The third kappa shape index (κ3) is 5.39. The Morgan fingerprint density at radius 2 is 2.12 bits per heavy atom. The summed E-state index contributed by atoms with van der Waals surface area (Å²) in [6.45, 7) is 1.92. The lowest BCUT2D eigenvalue weighted by molar-refractivity contribution is -0.118. The van der Waals surface area contributed by atoms with Crippen molar-refractivity contribution in [3.05, 3.63) is 29.3 Å². The van der Waals surface area contributed by atoms with E-state index in [1.54, 1.807) is 19.1 Å². The molecule has 1 amide bonds. The highest BCUT2D eigenvalue weighted by Gasteiger charge is 2.03. The Hall–Kier alpha value is -0.710. The predicted molar refractivity (Wildman–Crippen MR) is 66.9 cm³/mol. The van der Waals surface area contributed by atoms with Gasteiger partial charge in [-0.05, 0) is 31.2 Å². The molecule has 0 bridgehead atoms. The first kappa shape index (κ1) is 13.4. The summed E-state index contributed by atoms with van der Waals surface area (Å²) in [4.78, 5) is 12.3. The SMILES string of the molecule is C[C@@H](O)CNC(=O)CSc1ccc(Cl)cc1. The quantitative estimate of drug-likeness (QED) is 0.795. The van der Waals surface area contributed by atoms with Gasteiger partial charge in [-0.25, -0.2) is 0 Å². The molecule has 0 aliphatic heterocycles. The van der Waals surface area contributed by atoms with Crippen molar-refractivity contribution in [3.63, 3.8) is 0 Å². The Bertz CT molecular complexity index is 340. The molecule has 5 heteroatoms. The first-order valence-electron chi connectivity index (χ1n) is 4.91. The van der Waals surface area contributed by atoms with Crippen LogP contribution in [-0.4, -0.2) is 29.4 Å². The van der Waals surface area contributed by atoms with Gasteiger partial charge >= 0.3 is 0 Å². The third-order valence-electron chi connectivity index (χ3n) is 1.78. The molecule has 1 atom stereocenters. The van der Waals surface area contributed by atoms with Crippen molar-refractivity contribution >= 4 is 29.3 Å². The summed E-state index contributed by atoms with van der Waals surface area (Å²) in [6, 6.07) is 7.32. The molecule has 2 N–H and O–H groups in total. The van der Waals surface area contributed by atoms with Crippen LogP contribution in [0.25, 0.3) is 0 Å². The number of nitrogens with one attached hydrogen (secondary N) is 1. The van der Waals surface area contributed by atoms with Gasteiger partial charge in [-0.3, -0.25) is 4.79 Å². The molecule has 0 heterocycles. The normalized spacial score (nSPS) is 12.2. The van der Waals surface area contributed by atoms with Crippen molar-refractivity contribution in [2.24, 2.45) is 0 Å². The molecule has 0 aromatic heterocycles. The number of halogens is 1. The minimum Gasteiger partial charge on any atom is -0.392 e. The van der Waals surface area contributed by atoms with Crippen molar-refractivity contribution in [2.45, 2.75) is 17.9 Å². The van der Waals surface area contributed by atoms with E-state index in [1.165, 1.54) is 11.8 Å². The summed E-state index contributed by atoms with van der Waals surface area (Å²) >= 11 is 7.18. The monoisotopic (exact) mass is 259 g/mol. The highest BCUT2D eigenvalue weighted by atomic mass is 35.5. The van der Waals surface area contributed by atoms with E-state index in [9.17, 15) is 4.79 Å². The number of hydrogen-bond acceptors (Lipinski definition) is 3. The number of carbonyl (C=O) groups is 1. The van der Waals surface area contributed by atoms with Crippen molar-refractivity contribution in [1.29, 1.82) is 0 Å². The van der Waals surface area contributed by atoms with Crippen LogP contribution >= 0.6 is 23.4 Å². The number of amides is 1. The molecule has 16 heavy (non-hydrogen) atoms. The zero-order valence-electron chi connectivity index (χ0n) is 8.94. The first-order valence-corrected chi connectivity index (χ1v) is 6.27. The highest BCUT2D eigenvalue weighted by Crippen LogP contribution is 2.19. The van der Waals surface area contributed by atoms with Crippen molar-refractivity contribution in [2.75, 3.05) is 12.3 Å². The van der Waals surface area contributed by atoms with E-state index in [0.29, 0.717) is 17.3 Å². The maximum Gasteiger partial charge on any atom is 0.230 e. The maximum atomic E-state index is 11.3. The molecule has 0 fully saturated rings.